The Labute approximate surface area is 147 Å². The fraction of sp³-hybridized carbons (Fsp3) is 0.556. The van der Waals surface area contributed by atoms with Crippen LogP contribution in [0.5, 0.6) is 0 Å². The largest absolute Gasteiger partial charge is 0.444 e. The second kappa shape index (κ2) is 7.82. The maximum absolute atomic E-state index is 13.1. The zero-order valence-electron chi connectivity index (χ0n) is 14.8. The molecule has 1 saturated heterocycles. The van der Waals surface area contributed by atoms with Gasteiger partial charge in [0.05, 0.1) is 6.10 Å². The first-order chi connectivity index (χ1) is 11.6. The second-order valence-corrected chi connectivity index (χ2v) is 7.26. The Bertz CT molecular complexity index is 612. The highest BCUT2D eigenvalue weighted by Crippen LogP contribution is 2.14. The van der Waals surface area contributed by atoms with Crippen LogP contribution in [0.1, 0.15) is 32.8 Å². The molecule has 1 aliphatic rings. The van der Waals surface area contributed by atoms with E-state index in [9.17, 15) is 19.1 Å². The number of benzene rings is 1. The van der Waals surface area contributed by atoms with Crippen LogP contribution >= 0.6 is 0 Å². The Morgan fingerprint density at radius 3 is 2.52 bits per heavy atom. The summed E-state index contributed by atoms with van der Waals surface area (Å²) in [5, 5.41) is 12.2. The number of hydrogen-bond acceptors (Lipinski definition) is 4. The van der Waals surface area contributed by atoms with Gasteiger partial charge in [0.25, 0.3) is 0 Å². The average molecular weight is 352 g/mol. The zero-order valence-corrected chi connectivity index (χ0v) is 14.8. The maximum atomic E-state index is 13.1. The van der Waals surface area contributed by atoms with Crippen molar-refractivity contribution in [3.05, 3.63) is 35.6 Å². The van der Waals surface area contributed by atoms with Gasteiger partial charge in [0.2, 0.25) is 5.91 Å². The molecule has 0 aliphatic carbocycles. The first kappa shape index (κ1) is 19.2. The van der Waals surface area contributed by atoms with Crippen molar-refractivity contribution in [2.75, 3.05) is 13.1 Å². The maximum Gasteiger partial charge on any atom is 0.408 e. The number of rotatable bonds is 4. The van der Waals surface area contributed by atoms with Crippen LogP contribution < -0.4 is 5.32 Å². The second-order valence-electron chi connectivity index (χ2n) is 7.26. The number of halogens is 1. The number of aliphatic hydroxyl groups excluding tert-OH is 1. The minimum absolute atomic E-state index is 0.213. The summed E-state index contributed by atoms with van der Waals surface area (Å²) in [7, 11) is 0. The molecule has 6 nitrogen and oxygen atoms in total. The fourth-order valence-corrected chi connectivity index (χ4v) is 2.67. The van der Waals surface area contributed by atoms with Crippen molar-refractivity contribution in [3.8, 4) is 0 Å². The summed E-state index contributed by atoms with van der Waals surface area (Å²) in [6.07, 6.45) is -0.503. The first-order valence-corrected chi connectivity index (χ1v) is 8.35. The standard InChI is InChI=1S/C18H25FN2O4/c1-18(2,3)25-17(24)20-15(10-12-4-6-13(19)7-5-12)16(23)21-9-8-14(22)11-21/h4-7,14-15,22H,8-11H2,1-3H3,(H,20,24). The minimum Gasteiger partial charge on any atom is -0.444 e. The van der Waals surface area contributed by atoms with E-state index in [4.69, 9.17) is 4.74 Å². The van der Waals surface area contributed by atoms with Crippen LogP contribution in [0.25, 0.3) is 0 Å². The van der Waals surface area contributed by atoms with Crippen LogP contribution in [0.4, 0.5) is 9.18 Å². The van der Waals surface area contributed by atoms with Gasteiger partial charge >= 0.3 is 6.09 Å². The molecule has 25 heavy (non-hydrogen) atoms. The molecule has 1 aromatic rings. The number of β-amino-alcohol motifs (C(OH)–C–C–N with tert-alkyl or cyclic N) is 1. The summed E-state index contributed by atoms with van der Waals surface area (Å²) in [6.45, 7) is 5.89. The Kier molecular flexibility index (Phi) is 6.00. The summed E-state index contributed by atoms with van der Waals surface area (Å²) < 4.78 is 18.3. The van der Waals surface area contributed by atoms with Crippen molar-refractivity contribution >= 4 is 12.0 Å². The molecule has 1 fully saturated rings. The van der Waals surface area contributed by atoms with Gasteiger partial charge in [-0.2, -0.15) is 0 Å². The van der Waals surface area contributed by atoms with Gasteiger partial charge in [-0.1, -0.05) is 12.1 Å². The Balaban J connectivity index is 2.11. The average Bonchev–Trinajstić information content (AvgIpc) is 2.92. The highest BCUT2D eigenvalue weighted by molar-refractivity contribution is 5.86. The van der Waals surface area contributed by atoms with Crippen molar-refractivity contribution in [1.82, 2.24) is 10.2 Å². The van der Waals surface area contributed by atoms with E-state index in [0.717, 1.165) is 5.56 Å². The van der Waals surface area contributed by atoms with Crippen LogP contribution in [0.3, 0.4) is 0 Å². The van der Waals surface area contributed by atoms with Crippen molar-refractivity contribution in [2.45, 2.75) is 51.4 Å². The van der Waals surface area contributed by atoms with Gasteiger partial charge in [-0.3, -0.25) is 4.79 Å². The van der Waals surface area contributed by atoms with Crippen molar-refractivity contribution in [1.29, 1.82) is 0 Å². The van der Waals surface area contributed by atoms with Crippen LogP contribution in [0.2, 0.25) is 0 Å². The van der Waals surface area contributed by atoms with E-state index < -0.39 is 23.8 Å². The summed E-state index contributed by atoms with van der Waals surface area (Å²) in [4.78, 5) is 26.3. The van der Waals surface area contributed by atoms with Gasteiger partial charge in [-0.05, 0) is 44.9 Å². The number of ether oxygens (including phenoxy) is 1. The number of hydrogen-bond donors (Lipinski definition) is 2. The highest BCUT2D eigenvalue weighted by atomic mass is 19.1. The zero-order chi connectivity index (χ0) is 18.6. The predicted octanol–water partition coefficient (Wildman–Crippen LogP) is 1.85. The third-order valence-electron chi connectivity index (χ3n) is 3.82. The number of carbonyl (C=O) groups excluding carboxylic acids is 2. The number of alkyl carbamates (subject to hydrolysis) is 1. The third-order valence-corrected chi connectivity index (χ3v) is 3.82. The van der Waals surface area contributed by atoms with Gasteiger partial charge in [0, 0.05) is 19.5 Å². The molecular weight excluding hydrogens is 327 g/mol. The summed E-state index contributed by atoms with van der Waals surface area (Å²) in [5.74, 6) is -0.652. The molecule has 1 aliphatic heterocycles. The lowest BCUT2D eigenvalue weighted by Crippen LogP contribution is -2.50. The van der Waals surface area contributed by atoms with E-state index in [2.05, 4.69) is 5.32 Å². The van der Waals surface area contributed by atoms with Gasteiger partial charge in [-0.15, -0.1) is 0 Å². The van der Waals surface area contributed by atoms with Gasteiger partial charge in [-0.25, -0.2) is 9.18 Å². The SMILES string of the molecule is CC(C)(C)OC(=O)NC(Cc1ccc(F)cc1)C(=O)N1CCC(O)C1. The van der Waals surface area contributed by atoms with E-state index in [1.54, 1.807) is 32.9 Å². The highest BCUT2D eigenvalue weighted by Gasteiger charge is 2.32. The number of likely N-dealkylation sites (tertiary alicyclic amines) is 1. The molecular formula is C18H25FN2O4. The van der Waals surface area contributed by atoms with E-state index in [1.165, 1.54) is 17.0 Å². The van der Waals surface area contributed by atoms with Gasteiger partial charge in [0.1, 0.15) is 17.5 Å². The quantitative estimate of drug-likeness (QED) is 0.867. The van der Waals surface area contributed by atoms with Crippen LogP contribution in [-0.4, -0.2) is 52.8 Å². The third kappa shape index (κ3) is 6.01. The number of aliphatic hydroxyl groups is 1. The molecule has 0 spiro atoms. The summed E-state index contributed by atoms with van der Waals surface area (Å²) in [5.41, 5.74) is 0.0350. The fourth-order valence-electron chi connectivity index (χ4n) is 2.67. The van der Waals surface area contributed by atoms with Crippen molar-refractivity contribution < 1.29 is 23.8 Å². The van der Waals surface area contributed by atoms with Crippen LogP contribution in [-0.2, 0) is 16.0 Å². The molecule has 7 heteroatoms. The summed E-state index contributed by atoms with van der Waals surface area (Å²) >= 11 is 0. The number of nitrogens with zero attached hydrogens (tertiary/aromatic N) is 1. The number of carbonyl (C=O) groups is 2. The van der Waals surface area contributed by atoms with Gasteiger partial charge < -0.3 is 20.1 Å². The molecule has 1 aromatic carbocycles. The molecule has 0 radical (unpaired) electrons. The predicted molar refractivity (Wildman–Crippen MR) is 90.5 cm³/mol. The van der Waals surface area contributed by atoms with Crippen molar-refractivity contribution in [2.24, 2.45) is 0 Å². The smallest absolute Gasteiger partial charge is 0.408 e. The number of nitrogens with one attached hydrogen (secondary N) is 1. The van der Waals surface area contributed by atoms with E-state index in [-0.39, 0.29) is 24.7 Å². The van der Waals surface area contributed by atoms with Crippen LogP contribution in [0.15, 0.2) is 24.3 Å². The Morgan fingerprint density at radius 2 is 2.00 bits per heavy atom. The van der Waals surface area contributed by atoms with E-state index in [0.29, 0.717) is 13.0 Å². The Morgan fingerprint density at radius 1 is 1.36 bits per heavy atom. The monoisotopic (exact) mass is 352 g/mol. The topological polar surface area (TPSA) is 78.9 Å². The molecule has 0 saturated carbocycles. The first-order valence-electron chi connectivity index (χ1n) is 8.35. The lowest BCUT2D eigenvalue weighted by atomic mass is 10.0. The molecule has 0 bridgehead atoms. The molecule has 138 valence electrons. The molecule has 2 N–H and O–H groups in total. The van der Waals surface area contributed by atoms with Crippen molar-refractivity contribution in [3.63, 3.8) is 0 Å². The minimum atomic E-state index is -0.842. The van der Waals surface area contributed by atoms with Crippen LogP contribution in [0, 0.1) is 5.82 Å². The van der Waals surface area contributed by atoms with E-state index >= 15 is 0 Å². The molecule has 2 rings (SSSR count). The lowest BCUT2D eigenvalue weighted by Gasteiger charge is -2.26. The molecule has 2 unspecified atom stereocenters. The van der Waals surface area contributed by atoms with Gasteiger partial charge in [0.15, 0.2) is 0 Å². The Hall–Kier alpha value is -2.15. The lowest BCUT2D eigenvalue weighted by molar-refractivity contribution is -0.132. The molecule has 0 aromatic heterocycles. The molecule has 2 atom stereocenters. The summed E-state index contributed by atoms with van der Waals surface area (Å²) in [6, 6.07) is 4.93. The number of amides is 2. The normalized spacial score (nSPS) is 18.8. The van der Waals surface area contributed by atoms with E-state index in [1.807, 2.05) is 0 Å². The molecule has 2 amide bonds. The molecule has 1 heterocycles.